The number of carbonyl (C=O) groups excluding carboxylic acids is 1. The van der Waals surface area contributed by atoms with Crippen molar-refractivity contribution in [2.45, 2.75) is 37.9 Å². The lowest BCUT2D eigenvalue weighted by Crippen LogP contribution is -2.36. The van der Waals surface area contributed by atoms with E-state index in [1.54, 1.807) is 25.4 Å². The fraction of sp³-hybridized carbons (Fsp3) is 0.370. The van der Waals surface area contributed by atoms with E-state index in [1.165, 1.54) is 12.0 Å². The number of likely N-dealkylation sites (tertiary alicyclic amines) is 1. The summed E-state index contributed by atoms with van der Waals surface area (Å²) in [5.41, 5.74) is 1.93. The average molecular weight is 533 g/mol. The SMILES string of the molecule is COc1ccccc1C(=O)Nc1ccnn1C1CCN(CCCc2ccccc2)CC1.O=C(O)C(F)(F)F. The summed E-state index contributed by atoms with van der Waals surface area (Å²) in [6.07, 6.45) is 1.04. The van der Waals surface area contributed by atoms with Crippen LogP contribution in [0.1, 0.15) is 41.2 Å². The maximum absolute atomic E-state index is 12.8. The number of methoxy groups -OCH3 is 1. The third-order valence-corrected chi connectivity index (χ3v) is 6.19. The van der Waals surface area contributed by atoms with Gasteiger partial charge in [0, 0.05) is 19.2 Å². The average Bonchev–Trinajstić information content (AvgIpc) is 3.37. The lowest BCUT2D eigenvalue weighted by atomic mass is 10.0. The van der Waals surface area contributed by atoms with Crippen LogP contribution in [0.3, 0.4) is 0 Å². The number of para-hydroxylation sites is 1. The topological polar surface area (TPSA) is 96.7 Å². The Hall–Kier alpha value is -3.86. The first-order valence-electron chi connectivity index (χ1n) is 12.2. The van der Waals surface area contributed by atoms with Crippen LogP contribution >= 0.6 is 0 Å². The van der Waals surface area contributed by atoms with Crippen LogP contribution in [0, 0.1) is 0 Å². The number of amides is 1. The van der Waals surface area contributed by atoms with E-state index in [9.17, 15) is 18.0 Å². The van der Waals surface area contributed by atoms with Crippen LogP contribution in [-0.4, -0.2) is 64.6 Å². The Morgan fingerprint density at radius 3 is 2.32 bits per heavy atom. The fourth-order valence-corrected chi connectivity index (χ4v) is 4.26. The number of anilines is 1. The number of aromatic nitrogens is 2. The van der Waals surface area contributed by atoms with Crippen molar-refractivity contribution in [3.05, 3.63) is 78.0 Å². The minimum atomic E-state index is -5.08. The minimum absolute atomic E-state index is 0.183. The number of ether oxygens (including phenoxy) is 1. The molecule has 204 valence electrons. The first-order valence-corrected chi connectivity index (χ1v) is 12.2. The van der Waals surface area contributed by atoms with Gasteiger partial charge in [-0.25, -0.2) is 9.48 Å². The van der Waals surface area contributed by atoms with Crippen LogP contribution in [0.2, 0.25) is 0 Å². The van der Waals surface area contributed by atoms with Crippen LogP contribution in [-0.2, 0) is 11.2 Å². The van der Waals surface area contributed by atoms with E-state index in [0.29, 0.717) is 17.4 Å². The number of rotatable bonds is 8. The molecule has 0 atom stereocenters. The van der Waals surface area contributed by atoms with Gasteiger partial charge < -0.3 is 20.1 Å². The Morgan fingerprint density at radius 2 is 1.68 bits per heavy atom. The van der Waals surface area contributed by atoms with Gasteiger partial charge in [0.25, 0.3) is 5.91 Å². The van der Waals surface area contributed by atoms with E-state index >= 15 is 0 Å². The number of alkyl halides is 3. The van der Waals surface area contributed by atoms with Crippen molar-refractivity contribution in [2.24, 2.45) is 0 Å². The summed E-state index contributed by atoms with van der Waals surface area (Å²) < 4.78 is 39.0. The van der Waals surface area contributed by atoms with Gasteiger partial charge in [-0.3, -0.25) is 4.79 Å². The van der Waals surface area contributed by atoms with Crippen LogP contribution in [0.25, 0.3) is 0 Å². The van der Waals surface area contributed by atoms with Gasteiger partial charge in [0.1, 0.15) is 11.6 Å². The summed E-state index contributed by atoms with van der Waals surface area (Å²) in [6.45, 7) is 3.23. The molecule has 1 fully saturated rings. The Kier molecular flexibility index (Phi) is 10.3. The highest BCUT2D eigenvalue weighted by atomic mass is 19.4. The Morgan fingerprint density at radius 1 is 1.05 bits per heavy atom. The summed E-state index contributed by atoms with van der Waals surface area (Å²) in [5, 5.41) is 14.6. The molecule has 4 rings (SSSR count). The van der Waals surface area contributed by atoms with Crippen molar-refractivity contribution in [1.82, 2.24) is 14.7 Å². The standard InChI is InChI=1S/C25H30N4O2.C2HF3O2/c1-31-23-12-6-5-11-22(23)25(30)27-24-13-16-26-29(24)21-14-18-28(19-15-21)17-7-10-20-8-3-2-4-9-20;3-2(4,5)1(6)7/h2-6,8-9,11-13,16,21H,7,10,14-15,17-19H2,1H3,(H,27,30);(H,6,7). The molecule has 1 aliphatic heterocycles. The van der Waals surface area contributed by atoms with E-state index in [1.807, 2.05) is 22.9 Å². The molecule has 1 aromatic heterocycles. The highest BCUT2D eigenvalue weighted by Crippen LogP contribution is 2.26. The quantitative estimate of drug-likeness (QED) is 0.422. The van der Waals surface area contributed by atoms with E-state index in [-0.39, 0.29) is 5.91 Å². The van der Waals surface area contributed by atoms with Crippen molar-refractivity contribution in [2.75, 3.05) is 32.1 Å². The molecule has 0 saturated carbocycles. The third-order valence-electron chi connectivity index (χ3n) is 6.19. The van der Waals surface area contributed by atoms with Gasteiger partial charge in [0.15, 0.2) is 0 Å². The molecule has 0 unspecified atom stereocenters. The van der Waals surface area contributed by atoms with Gasteiger partial charge in [-0.05, 0) is 49.9 Å². The first kappa shape index (κ1) is 28.7. The molecule has 0 bridgehead atoms. The molecule has 0 radical (unpaired) electrons. The number of nitrogens with one attached hydrogen (secondary N) is 1. The zero-order valence-corrected chi connectivity index (χ0v) is 21.0. The van der Waals surface area contributed by atoms with E-state index in [2.05, 4.69) is 45.6 Å². The van der Waals surface area contributed by atoms with Crippen molar-refractivity contribution in [3.63, 3.8) is 0 Å². The summed E-state index contributed by atoms with van der Waals surface area (Å²) in [7, 11) is 1.57. The normalized spacial score (nSPS) is 14.3. The number of carboxylic acids is 1. The number of aryl methyl sites for hydroxylation is 1. The number of benzene rings is 2. The van der Waals surface area contributed by atoms with Crippen LogP contribution in [0.15, 0.2) is 66.9 Å². The molecule has 1 saturated heterocycles. The zero-order chi connectivity index (χ0) is 27.5. The molecule has 0 aliphatic carbocycles. The van der Waals surface area contributed by atoms with E-state index in [4.69, 9.17) is 14.6 Å². The second-order valence-corrected chi connectivity index (χ2v) is 8.78. The first-order chi connectivity index (χ1) is 18.2. The fourth-order valence-electron chi connectivity index (χ4n) is 4.26. The van der Waals surface area contributed by atoms with Gasteiger partial charge in [-0.2, -0.15) is 18.3 Å². The second kappa shape index (κ2) is 13.6. The monoisotopic (exact) mass is 532 g/mol. The highest BCUT2D eigenvalue weighted by Gasteiger charge is 2.38. The van der Waals surface area contributed by atoms with Gasteiger partial charge >= 0.3 is 12.1 Å². The van der Waals surface area contributed by atoms with E-state index in [0.717, 1.165) is 44.7 Å². The third kappa shape index (κ3) is 8.34. The zero-order valence-electron chi connectivity index (χ0n) is 21.0. The molecule has 1 amide bonds. The molecule has 2 aromatic carbocycles. The summed E-state index contributed by atoms with van der Waals surface area (Å²) in [5.74, 6) is -1.64. The maximum Gasteiger partial charge on any atom is 0.490 e. The molecule has 38 heavy (non-hydrogen) atoms. The number of halogens is 3. The predicted molar refractivity (Wildman–Crippen MR) is 136 cm³/mol. The highest BCUT2D eigenvalue weighted by molar-refractivity contribution is 6.05. The number of hydrogen-bond acceptors (Lipinski definition) is 5. The maximum atomic E-state index is 12.8. The number of carbonyl (C=O) groups is 2. The van der Waals surface area contributed by atoms with Crippen molar-refractivity contribution in [3.8, 4) is 5.75 Å². The molecule has 11 heteroatoms. The van der Waals surface area contributed by atoms with Gasteiger partial charge in [0.2, 0.25) is 0 Å². The predicted octanol–water partition coefficient (Wildman–Crippen LogP) is 5.05. The van der Waals surface area contributed by atoms with Crippen molar-refractivity contribution >= 4 is 17.7 Å². The van der Waals surface area contributed by atoms with E-state index < -0.39 is 12.1 Å². The Balaban J connectivity index is 0.000000505. The summed E-state index contributed by atoms with van der Waals surface area (Å²) in [6, 6.07) is 20.1. The number of nitrogens with zero attached hydrogens (tertiary/aromatic N) is 3. The largest absolute Gasteiger partial charge is 0.496 e. The summed E-state index contributed by atoms with van der Waals surface area (Å²) in [4.78, 5) is 24.2. The van der Waals surface area contributed by atoms with Crippen LogP contribution in [0.4, 0.5) is 19.0 Å². The molecule has 2 heterocycles. The van der Waals surface area contributed by atoms with Crippen LogP contribution in [0.5, 0.6) is 5.75 Å². The van der Waals surface area contributed by atoms with Gasteiger partial charge in [-0.15, -0.1) is 0 Å². The van der Waals surface area contributed by atoms with Gasteiger partial charge in [0.05, 0.1) is 24.9 Å². The molecule has 0 spiro atoms. The smallest absolute Gasteiger partial charge is 0.490 e. The van der Waals surface area contributed by atoms with Crippen molar-refractivity contribution in [1.29, 1.82) is 0 Å². The molecule has 8 nitrogen and oxygen atoms in total. The number of carboxylic acid groups (broad SMARTS) is 1. The van der Waals surface area contributed by atoms with Gasteiger partial charge in [-0.1, -0.05) is 42.5 Å². The molecular weight excluding hydrogens is 501 g/mol. The summed E-state index contributed by atoms with van der Waals surface area (Å²) >= 11 is 0. The molecule has 2 N–H and O–H groups in total. The lowest BCUT2D eigenvalue weighted by Gasteiger charge is -2.32. The number of aliphatic carboxylic acids is 1. The van der Waals surface area contributed by atoms with Crippen LogP contribution < -0.4 is 10.1 Å². The number of hydrogen-bond donors (Lipinski definition) is 2. The lowest BCUT2D eigenvalue weighted by molar-refractivity contribution is -0.192. The number of piperidine rings is 1. The Labute approximate surface area is 219 Å². The molecule has 1 aliphatic rings. The molecule has 3 aromatic rings. The second-order valence-electron chi connectivity index (χ2n) is 8.78. The Bertz CT molecular complexity index is 1180. The minimum Gasteiger partial charge on any atom is -0.496 e. The van der Waals surface area contributed by atoms with Crippen molar-refractivity contribution < 1.29 is 32.6 Å². The molecular formula is C27H31F3N4O4.